The summed E-state index contributed by atoms with van der Waals surface area (Å²) in [5, 5.41) is 7.27. The molecule has 0 radical (unpaired) electrons. The van der Waals surface area contributed by atoms with E-state index >= 15 is 0 Å². The Morgan fingerprint density at radius 2 is 1.93 bits per heavy atom. The standard InChI is InChI=1S/C22H21N5O3/c28-20(14-6-7-14)24-22-23-19-3-1-2-18(27(19)25-22)13-4-8-15(9-5-13)21(29)26-11-17-10-16(26)12-30-17/h1-5,8-9,14,16-17H,6-7,10-12H2,(H,24,25,28)/t16-,17-/m1/s1. The predicted molar refractivity (Wildman–Crippen MR) is 109 cm³/mol. The predicted octanol–water partition coefficient (Wildman–Crippen LogP) is 2.36. The van der Waals surface area contributed by atoms with Gasteiger partial charge < -0.3 is 9.64 Å². The van der Waals surface area contributed by atoms with Crippen LogP contribution in [0.4, 0.5) is 5.95 Å². The highest BCUT2D eigenvalue weighted by atomic mass is 16.5. The average molecular weight is 403 g/mol. The Balaban J connectivity index is 1.26. The van der Waals surface area contributed by atoms with Crippen molar-refractivity contribution in [2.75, 3.05) is 18.5 Å². The lowest BCUT2D eigenvalue weighted by molar-refractivity contribution is -0.117. The van der Waals surface area contributed by atoms with E-state index in [0.717, 1.165) is 30.5 Å². The van der Waals surface area contributed by atoms with Crippen molar-refractivity contribution < 1.29 is 14.3 Å². The molecule has 1 aromatic carbocycles. The van der Waals surface area contributed by atoms with Crippen molar-refractivity contribution in [2.45, 2.75) is 31.4 Å². The Kier molecular flexibility index (Phi) is 3.89. The number of benzene rings is 1. The van der Waals surface area contributed by atoms with Crippen LogP contribution in [0.15, 0.2) is 42.5 Å². The maximum atomic E-state index is 12.9. The number of fused-ring (bicyclic) bond motifs is 3. The maximum Gasteiger partial charge on any atom is 0.254 e. The molecule has 2 saturated heterocycles. The highest BCUT2D eigenvalue weighted by molar-refractivity contribution is 5.95. The van der Waals surface area contributed by atoms with Gasteiger partial charge in [-0.2, -0.15) is 4.98 Å². The quantitative estimate of drug-likeness (QED) is 0.722. The molecule has 0 spiro atoms. The number of morpholine rings is 1. The first-order valence-corrected chi connectivity index (χ1v) is 10.4. The van der Waals surface area contributed by atoms with Gasteiger partial charge in [0.2, 0.25) is 11.9 Å². The fraction of sp³-hybridized carbons (Fsp3) is 0.364. The number of rotatable bonds is 4. The van der Waals surface area contributed by atoms with Crippen LogP contribution in [0.25, 0.3) is 16.9 Å². The molecule has 1 aliphatic carbocycles. The van der Waals surface area contributed by atoms with Gasteiger partial charge in [0.1, 0.15) is 0 Å². The Morgan fingerprint density at radius 1 is 1.10 bits per heavy atom. The van der Waals surface area contributed by atoms with E-state index in [1.54, 1.807) is 4.52 Å². The van der Waals surface area contributed by atoms with Gasteiger partial charge in [0.25, 0.3) is 5.91 Å². The third kappa shape index (κ3) is 2.95. The van der Waals surface area contributed by atoms with Crippen LogP contribution in [-0.4, -0.2) is 56.6 Å². The fourth-order valence-corrected chi connectivity index (χ4v) is 4.33. The third-order valence-electron chi connectivity index (χ3n) is 6.13. The van der Waals surface area contributed by atoms with Crippen molar-refractivity contribution in [1.29, 1.82) is 0 Å². The lowest BCUT2D eigenvalue weighted by Crippen LogP contribution is -2.41. The molecule has 1 saturated carbocycles. The molecule has 8 nitrogen and oxygen atoms in total. The zero-order valence-electron chi connectivity index (χ0n) is 16.3. The normalized spacial score (nSPS) is 22.6. The third-order valence-corrected chi connectivity index (χ3v) is 6.13. The minimum Gasteiger partial charge on any atom is -0.374 e. The highest BCUT2D eigenvalue weighted by Gasteiger charge is 2.41. The molecule has 0 unspecified atom stereocenters. The number of hydrogen-bond donors (Lipinski definition) is 1. The van der Waals surface area contributed by atoms with Crippen LogP contribution in [0.2, 0.25) is 0 Å². The summed E-state index contributed by atoms with van der Waals surface area (Å²) in [5.41, 5.74) is 3.11. The summed E-state index contributed by atoms with van der Waals surface area (Å²) >= 11 is 0. The van der Waals surface area contributed by atoms with Crippen molar-refractivity contribution in [3.63, 3.8) is 0 Å². The minimum atomic E-state index is -0.0173. The molecule has 2 aliphatic heterocycles. The number of nitrogens with one attached hydrogen (secondary N) is 1. The topological polar surface area (TPSA) is 88.8 Å². The summed E-state index contributed by atoms with van der Waals surface area (Å²) in [7, 11) is 0. The van der Waals surface area contributed by atoms with E-state index in [-0.39, 0.29) is 29.9 Å². The summed E-state index contributed by atoms with van der Waals surface area (Å²) in [4.78, 5) is 31.2. The van der Waals surface area contributed by atoms with E-state index in [4.69, 9.17) is 4.74 Å². The summed E-state index contributed by atoms with van der Waals surface area (Å²) in [5.74, 6) is 0.453. The van der Waals surface area contributed by atoms with Gasteiger partial charge in [-0.05, 0) is 43.5 Å². The van der Waals surface area contributed by atoms with E-state index in [1.807, 2.05) is 47.4 Å². The molecule has 3 fully saturated rings. The molecule has 8 heteroatoms. The van der Waals surface area contributed by atoms with Crippen LogP contribution in [0.3, 0.4) is 0 Å². The number of pyridine rings is 1. The Bertz CT molecular complexity index is 1150. The molecule has 4 heterocycles. The van der Waals surface area contributed by atoms with Crippen LogP contribution in [0, 0.1) is 5.92 Å². The average Bonchev–Trinajstić information content (AvgIpc) is 3.20. The number of aromatic nitrogens is 3. The van der Waals surface area contributed by atoms with Gasteiger partial charge >= 0.3 is 0 Å². The van der Waals surface area contributed by atoms with E-state index in [9.17, 15) is 9.59 Å². The van der Waals surface area contributed by atoms with Gasteiger partial charge in [-0.3, -0.25) is 14.9 Å². The summed E-state index contributed by atoms with van der Waals surface area (Å²) in [6.45, 7) is 1.32. The summed E-state index contributed by atoms with van der Waals surface area (Å²) in [6, 6.07) is 13.5. The van der Waals surface area contributed by atoms with Crippen molar-refractivity contribution >= 4 is 23.4 Å². The number of nitrogens with zero attached hydrogens (tertiary/aromatic N) is 4. The molecule has 6 rings (SSSR count). The Hall–Kier alpha value is -3.26. The second-order valence-corrected chi connectivity index (χ2v) is 8.26. The van der Waals surface area contributed by atoms with Crippen LogP contribution >= 0.6 is 0 Å². The van der Waals surface area contributed by atoms with E-state index in [0.29, 0.717) is 30.3 Å². The number of hydrogen-bond acceptors (Lipinski definition) is 5. The molecule has 2 bridgehead atoms. The molecule has 1 N–H and O–H groups in total. The van der Waals surface area contributed by atoms with Gasteiger partial charge in [-0.15, -0.1) is 5.10 Å². The van der Waals surface area contributed by atoms with Crippen molar-refractivity contribution in [1.82, 2.24) is 19.5 Å². The zero-order chi connectivity index (χ0) is 20.2. The molecule has 3 aliphatic rings. The lowest BCUT2D eigenvalue weighted by Gasteiger charge is -2.27. The van der Waals surface area contributed by atoms with E-state index < -0.39 is 0 Å². The molecular formula is C22H21N5O3. The lowest BCUT2D eigenvalue weighted by atomic mass is 10.1. The second kappa shape index (κ2) is 6.63. The molecule has 152 valence electrons. The van der Waals surface area contributed by atoms with Gasteiger partial charge in [0, 0.05) is 23.6 Å². The van der Waals surface area contributed by atoms with Gasteiger partial charge in [0.15, 0.2) is 5.65 Å². The van der Waals surface area contributed by atoms with Crippen molar-refractivity contribution in [2.24, 2.45) is 5.92 Å². The van der Waals surface area contributed by atoms with Gasteiger partial charge in [-0.1, -0.05) is 18.2 Å². The SMILES string of the molecule is O=C(Nc1nc2cccc(-c3ccc(C(=O)N4C[C@H]5C[C@@H]4CO5)cc3)n2n1)C1CC1. The van der Waals surface area contributed by atoms with E-state index in [2.05, 4.69) is 15.4 Å². The first-order valence-electron chi connectivity index (χ1n) is 10.4. The van der Waals surface area contributed by atoms with Crippen molar-refractivity contribution in [3.8, 4) is 11.3 Å². The molecule has 2 aromatic heterocycles. The molecule has 3 aromatic rings. The summed E-state index contributed by atoms with van der Waals surface area (Å²) < 4.78 is 7.31. The Morgan fingerprint density at radius 3 is 2.63 bits per heavy atom. The zero-order valence-corrected chi connectivity index (χ0v) is 16.3. The Labute approximate surface area is 172 Å². The first kappa shape index (κ1) is 17.6. The number of carbonyl (C=O) groups is 2. The molecule has 2 atom stereocenters. The molecule has 30 heavy (non-hydrogen) atoms. The number of amides is 2. The highest BCUT2D eigenvalue weighted by Crippen LogP contribution is 2.31. The number of likely N-dealkylation sites (tertiary alicyclic amines) is 1. The number of carbonyl (C=O) groups excluding carboxylic acids is 2. The minimum absolute atomic E-state index is 0.0173. The summed E-state index contributed by atoms with van der Waals surface area (Å²) in [6.07, 6.45) is 3.00. The largest absolute Gasteiger partial charge is 0.374 e. The first-order chi connectivity index (χ1) is 14.7. The number of ether oxygens (including phenoxy) is 1. The fourth-order valence-electron chi connectivity index (χ4n) is 4.33. The molecule has 2 amide bonds. The smallest absolute Gasteiger partial charge is 0.254 e. The molecular weight excluding hydrogens is 382 g/mol. The second-order valence-electron chi connectivity index (χ2n) is 8.26. The van der Waals surface area contributed by atoms with Crippen LogP contribution < -0.4 is 5.32 Å². The van der Waals surface area contributed by atoms with E-state index in [1.165, 1.54) is 0 Å². The number of anilines is 1. The monoisotopic (exact) mass is 403 g/mol. The van der Waals surface area contributed by atoms with Crippen molar-refractivity contribution in [3.05, 3.63) is 48.0 Å². The maximum absolute atomic E-state index is 12.9. The van der Waals surface area contributed by atoms with Crippen LogP contribution in [0.5, 0.6) is 0 Å². The van der Waals surface area contributed by atoms with Crippen LogP contribution in [0.1, 0.15) is 29.6 Å². The van der Waals surface area contributed by atoms with Crippen LogP contribution in [-0.2, 0) is 9.53 Å². The van der Waals surface area contributed by atoms with Gasteiger partial charge in [0.05, 0.1) is 24.4 Å². The van der Waals surface area contributed by atoms with Gasteiger partial charge in [-0.25, -0.2) is 4.52 Å².